The van der Waals surface area contributed by atoms with Crippen molar-refractivity contribution >= 4 is 34.5 Å². The maximum absolute atomic E-state index is 12.8. The molecule has 0 fully saturated rings. The van der Waals surface area contributed by atoms with Gasteiger partial charge in [-0.15, -0.1) is 11.3 Å². The second-order valence-corrected chi connectivity index (χ2v) is 8.14. The number of amides is 2. The van der Waals surface area contributed by atoms with Gasteiger partial charge in [-0.2, -0.15) is 0 Å². The zero-order valence-corrected chi connectivity index (χ0v) is 17.0. The number of hydrogen-bond donors (Lipinski definition) is 2. The third-order valence-electron chi connectivity index (χ3n) is 5.02. The van der Waals surface area contributed by atoms with Gasteiger partial charge in [0.2, 0.25) is 11.8 Å². The van der Waals surface area contributed by atoms with Crippen LogP contribution in [0.5, 0.6) is 0 Å². The largest absolute Gasteiger partial charge is 0.326 e. The molecule has 5 nitrogen and oxygen atoms in total. The molecule has 2 aromatic carbocycles. The lowest BCUT2D eigenvalue weighted by atomic mass is 9.93. The van der Waals surface area contributed by atoms with E-state index in [0.717, 1.165) is 13.0 Å². The number of benzene rings is 2. The molecule has 0 saturated heterocycles. The summed E-state index contributed by atoms with van der Waals surface area (Å²) in [6.45, 7) is 2.64. The zero-order chi connectivity index (χ0) is 20.2. The molecule has 1 unspecified atom stereocenters. The number of nitrogens with zero attached hydrogens (tertiary/aromatic N) is 1. The summed E-state index contributed by atoms with van der Waals surface area (Å²) < 4.78 is 0. The van der Waals surface area contributed by atoms with E-state index >= 15 is 0 Å². The molecule has 1 atom stereocenters. The first-order chi connectivity index (χ1) is 14.1. The van der Waals surface area contributed by atoms with Gasteiger partial charge in [-0.3, -0.25) is 14.5 Å². The van der Waals surface area contributed by atoms with Crippen LogP contribution < -0.4 is 10.6 Å². The van der Waals surface area contributed by atoms with Crippen LogP contribution in [0.3, 0.4) is 0 Å². The number of fused-ring (bicyclic) bond motifs is 1. The summed E-state index contributed by atoms with van der Waals surface area (Å²) in [6.07, 6.45) is 0.967. The summed E-state index contributed by atoms with van der Waals surface area (Å²) >= 11 is 1.80. The van der Waals surface area contributed by atoms with Crippen LogP contribution in [0.4, 0.5) is 11.4 Å². The van der Waals surface area contributed by atoms with Crippen molar-refractivity contribution in [2.45, 2.75) is 19.4 Å². The Morgan fingerprint density at radius 1 is 1.00 bits per heavy atom. The lowest BCUT2D eigenvalue weighted by Gasteiger charge is -2.35. The lowest BCUT2D eigenvalue weighted by molar-refractivity contribution is -0.118. The van der Waals surface area contributed by atoms with Crippen molar-refractivity contribution in [3.8, 4) is 0 Å². The molecule has 0 aliphatic carbocycles. The van der Waals surface area contributed by atoms with Crippen LogP contribution in [0.1, 0.15) is 29.0 Å². The van der Waals surface area contributed by atoms with Crippen LogP contribution in [0.25, 0.3) is 0 Å². The van der Waals surface area contributed by atoms with E-state index in [1.54, 1.807) is 35.6 Å². The number of thiophene rings is 1. The molecule has 0 radical (unpaired) electrons. The van der Waals surface area contributed by atoms with Crippen LogP contribution in [-0.2, 0) is 16.0 Å². The third-order valence-corrected chi connectivity index (χ3v) is 6.01. The van der Waals surface area contributed by atoms with Gasteiger partial charge in [-0.25, -0.2) is 0 Å². The van der Waals surface area contributed by atoms with Crippen LogP contribution in [0, 0.1) is 0 Å². The van der Waals surface area contributed by atoms with Gasteiger partial charge in [0.25, 0.3) is 0 Å². The Labute approximate surface area is 174 Å². The molecule has 29 heavy (non-hydrogen) atoms. The Hall–Kier alpha value is -2.96. The Morgan fingerprint density at radius 3 is 2.38 bits per heavy atom. The van der Waals surface area contributed by atoms with E-state index in [1.807, 2.05) is 18.2 Å². The topological polar surface area (TPSA) is 61.4 Å². The number of anilines is 2. The first-order valence-corrected chi connectivity index (χ1v) is 10.5. The van der Waals surface area contributed by atoms with Crippen molar-refractivity contribution in [1.82, 2.24) is 4.90 Å². The van der Waals surface area contributed by atoms with E-state index in [-0.39, 0.29) is 17.9 Å². The highest BCUT2D eigenvalue weighted by Crippen LogP contribution is 2.37. The molecule has 2 N–H and O–H groups in total. The van der Waals surface area contributed by atoms with Gasteiger partial charge in [0, 0.05) is 29.7 Å². The number of carbonyl (C=O) groups is 2. The van der Waals surface area contributed by atoms with Crippen LogP contribution in [0.15, 0.2) is 66.0 Å². The minimum atomic E-state index is -0.119. The Balaban J connectivity index is 1.47. The van der Waals surface area contributed by atoms with Crippen molar-refractivity contribution in [2.24, 2.45) is 0 Å². The van der Waals surface area contributed by atoms with Crippen LogP contribution >= 0.6 is 11.3 Å². The second kappa shape index (κ2) is 8.59. The van der Waals surface area contributed by atoms with E-state index in [2.05, 4.69) is 39.1 Å². The summed E-state index contributed by atoms with van der Waals surface area (Å²) in [5.74, 6) is -0.163. The van der Waals surface area contributed by atoms with E-state index in [4.69, 9.17) is 0 Å². The second-order valence-electron chi connectivity index (χ2n) is 7.14. The highest BCUT2D eigenvalue weighted by molar-refractivity contribution is 7.10. The fourth-order valence-corrected chi connectivity index (χ4v) is 4.69. The predicted molar refractivity (Wildman–Crippen MR) is 117 cm³/mol. The van der Waals surface area contributed by atoms with Crippen molar-refractivity contribution in [1.29, 1.82) is 0 Å². The van der Waals surface area contributed by atoms with Crippen molar-refractivity contribution < 1.29 is 9.59 Å². The number of carbonyl (C=O) groups excluding carboxylic acids is 2. The summed E-state index contributed by atoms with van der Waals surface area (Å²) in [4.78, 5) is 27.5. The molecule has 4 rings (SSSR count). The van der Waals surface area contributed by atoms with Crippen molar-refractivity contribution in [2.75, 3.05) is 23.7 Å². The molecular formula is C23H23N3O2S. The molecule has 0 spiro atoms. The fourth-order valence-electron chi connectivity index (χ4n) is 3.79. The predicted octanol–water partition coefficient (Wildman–Crippen LogP) is 4.29. The molecule has 1 aliphatic heterocycles. The summed E-state index contributed by atoms with van der Waals surface area (Å²) in [7, 11) is 0. The van der Waals surface area contributed by atoms with E-state index in [9.17, 15) is 9.59 Å². The molecular weight excluding hydrogens is 382 g/mol. The van der Waals surface area contributed by atoms with Crippen molar-refractivity contribution in [3.05, 3.63) is 82.0 Å². The summed E-state index contributed by atoms with van der Waals surface area (Å²) in [6, 6.07) is 19.8. The molecule has 2 amide bonds. The smallest absolute Gasteiger partial charge is 0.238 e. The monoisotopic (exact) mass is 405 g/mol. The zero-order valence-electron chi connectivity index (χ0n) is 16.2. The van der Waals surface area contributed by atoms with Gasteiger partial charge in [-0.1, -0.05) is 30.3 Å². The molecule has 2 heterocycles. The normalized spacial score (nSPS) is 16.1. The molecule has 6 heteroatoms. The average Bonchev–Trinajstić information content (AvgIpc) is 3.18. The molecule has 3 aromatic rings. The molecule has 1 aromatic heterocycles. The van der Waals surface area contributed by atoms with Crippen LogP contribution in [0.2, 0.25) is 0 Å². The Bertz CT molecular complexity index is 998. The minimum Gasteiger partial charge on any atom is -0.326 e. The Kier molecular flexibility index (Phi) is 5.74. The standard InChI is InChI=1S/C23H23N3O2S/c1-16(27)24-18-7-9-19(10-8-18)25-22(28)15-26-13-11-21-20(12-14-29-21)23(26)17-5-3-2-4-6-17/h2-10,12,14,23H,11,13,15H2,1H3,(H,24,27)(H,25,28). The first-order valence-electron chi connectivity index (χ1n) is 9.63. The summed E-state index contributed by atoms with van der Waals surface area (Å²) in [5.41, 5.74) is 3.94. The van der Waals surface area contributed by atoms with E-state index in [0.29, 0.717) is 17.9 Å². The van der Waals surface area contributed by atoms with Gasteiger partial charge in [0.05, 0.1) is 12.6 Å². The van der Waals surface area contributed by atoms with Gasteiger partial charge in [-0.05, 0) is 53.3 Å². The van der Waals surface area contributed by atoms with Gasteiger partial charge in [0.1, 0.15) is 0 Å². The Morgan fingerprint density at radius 2 is 1.69 bits per heavy atom. The van der Waals surface area contributed by atoms with Crippen molar-refractivity contribution in [3.63, 3.8) is 0 Å². The maximum atomic E-state index is 12.8. The first kappa shape index (κ1) is 19.4. The number of rotatable bonds is 5. The molecule has 1 aliphatic rings. The quantitative estimate of drug-likeness (QED) is 0.666. The fraction of sp³-hybridized carbons (Fsp3) is 0.217. The number of nitrogens with one attached hydrogen (secondary N) is 2. The molecule has 0 bridgehead atoms. The average molecular weight is 406 g/mol. The minimum absolute atomic E-state index is 0.0445. The SMILES string of the molecule is CC(=O)Nc1ccc(NC(=O)CN2CCc3sccc3C2c2ccccc2)cc1. The van der Waals surface area contributed by atoms with E-state index in [1.165, 1.54) is 22.9 Å². The molecule has 0 saturated carbocycles. The van der Waals surface area contributed by atoms with Gasteiger partial charge >= 0.3 is 0 Å². The molecule has 148 valence electrons. The lowest BCUT2D eigenvalue weighted by Crippen LogP contribution is -2.40. The van der Waals surface area contributed by atoms with Gasteiger partial charge < -0.3 is 10.6 Å². The van der Waals surface area contributed by atoms with E-state index < -0.39 is 0 Å². The third kappa shape index (κ3) is 4.55. The highest BCUT2D eigenvalue weighted by Gasteiger charge is 2.30. The van der Waals surface area contributed by atoms with Gasteiger partial charge in [0.15, 0.2) is 0 Å². The number of hydrogen-bond acceptors (Lipinski definition) is 4. The highest BCUT2D eigenvalue weighted by atomic mass is 32.1. The summed E-state index contributed by atoms with van der Waals surface area (Å²) in [5, 5.41) is 7.83. The maximum Gasteiger partial charge on any atom is 0.238 e. The van der Waals surface area contributed by atoms with Crippen LogP contribution in [-0.4, -0.2) is 29.8 Å².